The smallest absolute Gasteiger partial charge is 0.186 e. The molecule has 0 amide bonds. The Morgan fingerprint density at radius 1 is 1.21 bits per heavy atom. The monoisotopic (exact) mass is 341 g/mol. The number of rotatable bonds is 3. The van der Waals surface area contributed by atoms with Gasteiger partial charge >= 0.3 is 0 Å². The molecular formula is C15H20BrNOS. The Morgan fingerprint density at radius 2 is 1.89 bits per heavy atom. The van der Waals surface area contributed by atoms with Gasteiger partial charge in [-0.25, -0.2) is 0 Å². The lowest BCUT2D eigenvalue weighted by molar-refractivity contribution is 0.0800. The number of ketones is 1. The summed E-state index contributed by atoms with van der Waals surface area (Å²) in [5.41, 5.74) is 0.644. The van der Waals surface area contributed by atoms with Gasteiger partial charge in [0.25, 0.3) is 0 Å². The molecule has 1 spiro atoms. The van der Waals surface area contributed by atoms with Gasteiger partial charge in [-0.2, -0.15) is 0 Å². The van der Waals surface area contributed by atoms with Crippen molar-refractivity contribution in [1.29, 1.82) is 0 Å². The second-order valence-corrected chi connectivity index (χ2v) is 8.47. The molecule has 1 aromatic heterocycles. The summed E-state index contributed by atoms with van der Waals surface area (Å²) < 4.78 is 1.04. The fraction of sp³-hybridized carbons (Fsp3) is 0.667. The summed E-state index contributed by atoms with van der Waals surface area (Å²) in [4.78, 5) is 15.4. The predicted molar refractivity (Wildman–Crippen MR) is 82.9 cm³/mol. The van der Waals surface area contributed by atoms with Gasteiger partial charge < -0.3 is 0 Å². The van der Waals surface area contributed by atoms with Gasteiger partial charge in [0, 0.05) is 0 Å². The Balaban J connectivity index is 1.53. The zero-order valence-electron chi connectivity index (χ0n) is 11.2. The number of thiophene rings is 1. The second kappa shape index (κ2) is 5.66. The van der Waals surface area contributed by atoms with Crippen LogP contribution in [0.25, 0.3) is 0 Å². The summed E-state index contributed by atoms with van der Waals surface area (Å²) in [7, 11) is 0. The first-order chi connectivity index (χ1) is 9.17. The van der Waals surface area contributed by atoms with Crippen LogP contribution in [0.15, 0.2) is 15.9 Å². The van der Waals surface area contributed by atoms with Crippen LogP contribution in [0, 0.1) is 5.41 Å². The number of halogens is 1. The maximum atomic E-state index is 12.2. The van der Waals surface area contributed by atoms with E-state index in [-0.39, 0.29) is 5.78 Å². The van der Waals surface area contributed by atoms with Crippen molar-refractivity contribution in [2.45, 2.75) is 38.5 Å². The van der Waals surface area contributed by atoms with E-state index < -0.39 is 0 Å². The number of nitrogens with zero attached hydrogens (tertiary/aromatic N) is 1. The summed E-state index contributed by atoms with van der Waals surface area (Å²) in [5.74, 6) is 0.276. The molecule has 0 unspecified atom stereocenters. The fourth-order valence-corrected chi connectivity index (χ4v) is 4.87. The lowest BCUT2D eigenvalue weighted by Crippen LogP contribution is -2.41. The molecule has 1 aromatic rings. The third kappa shape index (κ3) is 3.11. The molecule has 2 fully saturated rings. The molecule has 104 valence electrons. The Hall–Kier alpha value is -0.190. The van der Waals surface area contributed by atoms with E-state index >= 15 is 0 Å². The maximum Gasteiger partial charge on any atom is 0.186 e. The SMILES string of the molecule is O=C(CN1CCC2(CCCC2)CC1)c1ccc(Br)s1. The van der Waals surface area contributed by atoms with E-state index in [0.29, 0.717) is 12.0 Å². The minimum absolute atomic E-state index is 0.276. The van der Waals surface area contributed by atoms with Crippen molar-refractivity contribution < 1.29 is 4.79 Å². The molecule has 0 radical (unpaired) electrons. The molecule has 1 saturated heterocycles. The normalized spacial score (nSPS) is 23.0. The molecule has 1 aliphatic heterocycles. The molecule has 0 bridgehead atoms. The predicted octanol–water partition coefficient (Wildman–Crippen LogP) is 4.35. The molecule has 1 saturated carbocycles. The Bertz CT molecular complexity index is 454. The van der Waals surface area contributed by atoms with Crippen molar-refractivity contribution in [2.75, 3.05) is 19.6 Å². The summed E-state index contributed by atoms with van der Waals surface area (Å²) in [6, 6.07) is 3.89. The number of carbonyl (C=O) groups is 1. The topological polar surface area (TPSA) is 20.3 Å². The zero-order valence-corrected chi connectivity index (χ0v) is 13.6. The summed E-state index contributed by atoms with van der Waals surface area (Å²) in [6.07, 6.45) is 8.28. The quantitative estimate of drug-likeness (QED) is 0.761. The highest BCUT2D eigenvalue weighted by Gasteiger charge is 2.37. The van der Waals surface area contributed by atoms with Crippen LogP contribution in [0.2, 0.25) is 0 Å². The average Bonchev–Trinajstić information content (AvgIpc) is 3.02. The highest BCUT2D eigenvalue weighted by Crippen LogP contribution is 2.46. The van der Waals surface area contributed by atoms with Crippen molar-refractivity contribution >= 4 is 33.0 Å². The maximum absolute atomic E-state index is 12.2. The average molecular weight is 342 g/mol. The van der Waals surface area contributed by atoms with E-state index in [2.05, 4.69) is 20.8 Å². The van der Waals surface area contributed by atoms with E-state index in [9.17, 15) is 4.79 Å². The van der Waals surface area contributed by atoms with Crippen molar-refractivity contribution in [2.24, 2.45) is 5.41 Å². The van der Waals surface area contributed by atoms with Crippen LogP contribution in [0.4, 0.5) is 0 Å². The molecule has 2 heterocycles. The molecular weight excluding hydrogens is 322 g/mol. The molecule has 3 rings (SSSR count). The minimum atomic E-state index is 0.276. The molecule has 1 aliphatic carbocycles. The van der Waals surface area contributed by atoms with Crippen LogP contribution in [-0.4, -0.2) is 30.3 Å². The number of piperidine rings is 1. The van der Waals surface area contributed by atoms with Gasteiger partial charge in [-0.3, -0.25) is 9.69 Å². The first-order valence-corrected chi connectivity index (χ1v) is 8.79. The summed E-state index contributed by atoms with van der Waals surface area (Å²) in [6.45, 7) is 2.82. The largest absolute Gasteiger partial charge is 0.296 e. The van der Waals surface area contributed by atoms with Gasteiger partial charge in [0.05, 0.1) is 15.2 Å². The van der Waals surface area contributed by atoms with Crippen molar-refractivity contribution in [3.8, 4) is 0 Å². The van der Waals surface area contributed by atoms with Crippen LogP contribution in [0.5, 0.6) is 0 Å². The fourth-order valence-electron chi connectivity index (χ4n) is 3.56. The summed E-state index contributed by atoms with van der Waals surface area (Å²) in [5, 5.41) is 0. The molecule has 0 atom stereocenters. The standard InChI is InChI=1S/C15H20BrNOS/c16-14-4-3-13(19-14)12(18)11-17-9-7-15(8-10-17)5-1-2-6-15/h3-4H,1-2,5-11H2. The van der Waals surface area contributed by atoms with Crippen molar-refractivity contribution in [3.63, 3.8) is 0 Å². The van der Waals surface area contributed by atoms with E-state index in [0.717, 1.165) is 21.8 Å². The van der Waals surface area contributed by atoms with E-state index in [1.54, 1.807) is 11.3 Å². The summed E-state index contributed by atoms with van der Waals surface area (Å²) >= 11 is 4.96. The Morgan fingerprint density at radius 3 is 2.47 bits per heavy atom. The third-order valence-electron chi connectivity index (χ3n) is 4.80. The first kappa shape index (κ1) is 13.8. The molecule has 0 aromatic carbocycles. The van der Waals surface area contributed by atoms with Gasteiger partial charge in [0.15, 0.2) is 5.78 Å². The molecule has 19 heavy (non-hydrogen) atoms. The number of Topliss-reactive ketones (excluding diaryl/α,β-unsaturated/α-hetero) is 1. The molecule has 4 heteroatoms. The Kier molecular flexibility index (Phi) is 4.11. The van der Waals surface area contributed by atoms with Crippen LogP contribution in [0.3, 0.4) is 0 Å². The van der Waals surface area contributed by atoms with Crippen molar-refractivity contribution in [3.05, 3.63) is 20.8 Å². The minimum Gasteiger partial charge on any atom is -0.296 e. The number of likely N-dealkylation sites (tertiary alicyclic amines) is 1. The van der Waals surface area contributed by atoms with Gasteiger partial charge in [-0.15, -0.1) is 11.3 Å². The van der Waals surface area contributed by atoms with E-state index in [4.69, 9.17) is 0 Å². The first-order valence-electron chi connectivity index (χ1n) is 7.18. The van der Waals surface area contributed by atoms with Crippen molar-refractivity contribution in [1.82, 2.24) is 4.90 Å². The number of carbonyl (C=O) groups excluding carboxylic acids is 1. The van der Waals surface area contributed by atoms with E-state index in [1.807, 2.05) is 12.1 Å². The molecule has 2 nitrogen and oxygen atoms in total. The van der Waals surface area contributed by atoms with E-state index in [1.165, 1.54) is 38.5 Å². The van der Waals surface area contributed by atoms with Gasteiger partial charge in [0.2, 0.25) is 0 Å². The highest BCUT2D eigenvalue weighted by molar-refractivity contribution is 9.11. The lowest BCUT2D eigenvalue weighted by Gasteiger charge is -2.39. The van der Waals surface area contributed by atoms with Gasteiger partial charge in [-0.1, -0.05) is 12.8 Å². The van der Waals surface area contributed by atoms with Gasteiger partial charge in [0.1, 0.15) is 0 Å². The van der Waals surface area contributed by atoms with Crippen LogP contribution in [0.1, 0.15) is 48.2 Å². The Labute approximate surface area is 127 Å². The lowest BCUT2D eigenvalue weighted by atomic mass is 9.77. The number of hydrogen-bond donors (Lipinski definition) is 0. The van der Waals surface area contributed by atoms with Crippen LogP contribution >= 0.6 is 27.3 Å². The van der Waals surface area contributed by atoms with Gasteiger partial charge in [-0.05, 0) is 72.3 Å². The zero-order chi connectivity index (χ0) is 13.3. The van der Waals surface area contributed by atoms with Crippen LogP contribution < -0.4 is 0 Å². The van der Waals surface area contributed by atoms with Crippen LogP contribution in [-0.2, 0) is 0 Å². The second-order valence-electron chi connectivity index (χ2n) is 6.01. The molecule has 2 aliphatic rings. The highest BCUT2D eigenvalue weighted by atomic mass is 79.9. The molecule has 0 N–H and O–H groups in total. The number of hydrogen-bond acceptors (Lipinski definition) is 3. The third-order valence-corrected chi connectivity index (χ3v) is 6.46.